The second-order valence-corrected chi connectivity index (χ2v) is 5.31. The number of amides is 1. The molecule has 0 heterocycles. The predicted octanol–water partition coefficient (Wildman–Crippen LogP) is 3.46. The maximum Gasteiger partial charge on any atom is 0.255 e. The van der Waals surface area contributed by atoms with Crippen LogP contribution in [0, 0.1) is 6.92 Å². The summed E-state index contributed by atoms with van der Waals surface area (Å²) in [6.07, 6.45) is 7.21. The quantitative estimate of drug-likeness (QED) is 0.846. The first-order chi connectivity index (χ1) is 9.22. The lowest BCUT2D eigenvalue weighted by molar-refractivity contribution is 0.0929. The smallest absolute Gasteiger partial charge is 0.255 e. The molecule has 1 aromatic rings. The van der Waals surface area contributed by atoms with Gasteiger partial charge in [-0.1, -0.05) is 37.8 Å². The fourth-order valence-corrected chi connectivity index (χ4v) is 2.78. The third kappa shape index (κ3) is 3.49. The van der Waals surface area contributed by atoms with Crippen LogP contribution in [-0.2, 0) is 0 Å². The third-order valence-corrected chi connectivity index (χ3v) is 3.87. The molecule has 104 valence electrons. The summed E-state index contributed by atoms with van der Waals surface area (Å²) in [5.74, 6) is 0.660. The van der Waals surface area contributed by atoms with E-state index in [1.54, 1.807) is 7.11 Å². The van der Waals surface area contributed by atoms with Gasteiger partial charge in [0.2, 0.25) is 0 Å². The predicted molar refractivity (Wildman–Crippen MR) is 76.7 cm³/mol. The van der Waals surface area contributed by atoms with Crippen LogP contribution >= 0.6 is 0 Å². The second kappa shape index (κ2) is 6.60. The van der Waals surface area contributed by atoms with Crippen molar-refractivity contribution in [1.29, 1.82) is 0 Å². The fraction of sp³-hybridized carbons (Fsp3) is 0.562. The molecule has 2 rings (SSSR count). The van der Waals surface area contributed by atoms with Crippen LogP contribution in [0.25, 0.3) is 0 Å². The first-order valence-corrected chi connectivity index (χ1v) is 7.17. The standard InChI is InChI=1S/C16H23NO2/c1-12-8-7-11-14(19-2)15(12)16(18)17-13-9-5-3-4-6-10-13/h7-8,11,13H,3-6,9-10H2,1-2H3,(H,17,18). The van der Waals surface area contributed by atoms with Gasteiger partial charge in [0.25, 0.3) is 5.91 Å². The summed E-state index contributed by atoms with van der Waals surface area (Å²) in [6, 6.07) is 6.02. The Kier molecular flexibility index (Phi) is 4.83. The Balaban J connectivity index is 2.10. The zero-order chi connectivity index (χ0) is 13.7. The van der Waals surface area contributed by atoms with Crippen LogP contribution in [0.5, 0.6) is 5.75 Å². The molecule has 0 saturated heterocycles. The number of rotatable bonds is 3. The molecular formula is C16H23NO2. The van der Waals surface area contributed by atoms with Gasteiger partial charge in [0, 0.05) is 6.04 Å². The van der Waals surface area contributed by atoms with E-state index in [1.165, 1.54) is 25.7 Å². The molecule has 0 aromatic heterocycles. The molecule has 19 heavy (non-hydrogen) atoms. The van der Waals surface area contributed by atoms with Gasteiger partial charge in [-0.2, -0.15) is 0 Å². The van der Waals surface area contributed by atoms with E-state index in [0.29, 0.717) is 17.4 Å². The van der Waals surface area contributed by atoms with E-state index in [2.05, 4.69) is 5.32 Å². The molecule has 0 spiro atoms. The van der Waals surface area contributed by atoms with Gasteiger partial charge >= 0.3 is 0 Å². The number of hydrogen-bond donors (Lipinski definition) is 1. The second-order valence-electron chi connectivity index (χ2n) is 5.31. The summed E-state index contributed by atoms with van der Waals surface area (Å²) in [4.78, 5) is 12.4. The highest BCUT2D eigenvalue weighted by Gasteiger charge is 2.19. The molecular weight excluding hydrogens is 238 g/mol. The van der Waals surface area contributed by atoms with Crippen molar-refractivity contribution in [2.75, 3.05) is 7.11 Å². The molecule has 0 aliphatic heterocycles. The molecule has 1 aliphatic rings. The maximum atomic E-state index is 12.4. The number of carbonyl (C=O) groups excluding carboxylic acids is 1. The average molecular weight is 261 g/mol. The summed E-state index contributed by atoms with van der Waals surface area (Å²) in [5, 5.41) is 3.17. The average Bonchev–Trinajstić information content (AvgIpc) is 2.66. The first-order valence-electron chi connectivity index (χ1n) is 7.17. The molecule has 3 nitrogen and oxygen atoms in total. The topological polar surface area (TPSA) is 38.3 Å². The largest absolute Gasteiger partial charge is 0.496 e. The van der Waals surface area contributed by atoms with Crippen LogP contribution in [0.4, 0.5) is 0 Å². The summed E-state index contributed by atoms with van der Waals surface area (Å²) >= 11 is 0. The molecule has 0 radical (unpaired) electrons. The molecule has 0 bridgehead atoms. The lowest BCUT2D eigenvalue weighted by Crippen LogP contribution is -2.35. The minimum absolute atomic E-state index is 0.00171. The Morgan fingerprint density at radius 2 is 1.89 bits per heavy atom. The van der Waals surface area contributed by atoms with Gasteiger partial charge < -0.3 is 10.1 Å². The van der Waals surface area contributed by atoms with Crippen LogP contribution in [0.3, 0.4) is 0 Å². The van der Waals surface area contributed by atoms with Gasteiger partial charge in [0.15, 0.2) is 0 Å². The number of methoxy groups -OCH3 is 1. The van der Waals surface area contributed by atoms with Gasteiger partial charge in [0.05, 0.1) is 12.7 Å². The van der Waals surface area contributed by atoms with Gasteiger partial charge in [0.1, 0.15) is 5.75 Å². The van der Waals surface area contributed by atoms with Crippen molar-refractivity contribution in [3.63, 3.8) is 0 Å². The normalized spacial score (nSPS) is 16.7. The van der Waals surface area contributed by atoms with Gasteiger partial charge in [-0.3, -0.25) is 4.79 Å². The molecule has 0 atom stereocenters. The van der Waals surface area contributed by atoms with Crippen molar-refractivity contribution < 1.29 is 9.53 Å². The number of aryl methyl sites for hydroxylation is 1. The van der Waals surface area contributed by atoms with E-state index in [-0.39, 0.29) is 5.91 Å². The zero-order valence-electron chi connectivity index (χ0n) is 11.9. The highest BCUT2D eigenvalue weighted by Crippen LogP contribution is 2.23. The molecule has 0 unspecified atom stereocenters. The summed E-state index contributed by atoms with van der Waals surface area (Å²) in [7, 11) is 1.61. The maximum absolute atomic E-state index is 12.4. The number of carbonyl (C=O) groups is 1. The Hall–Kier alpha value is -1.51. The van der Waals surface area contributed by atoms with Crippen molar-refractivity contribution >= 4 is 5.91 Å². The Labute approximate surface area is 115 Å². The molecule has 1 fully saturated rings. The summed E-state index contributed by atoms with van der Waals surface area (Å²) < 4.78 is 5.30. The number of nitrogens with one attached hydrogen (secondary N) is 1. The Bertz CT molecular complexity index is 434. The minimum atomic E-state index is 0.00171. The van der Waals surface area contributed by atoms with Gasteiger partial charge in [-0.15, -0.1) is 0 Å². The lowest BCUT2D eigenvalue weighted by Gasteiger charge is -2.18. The van der Waals surface area contributed by atoms with E-state index in [0.717, 1.165) is 18.4 Å². The minimum Gasteiger partial charge on any atom is -0.496 e. The van der Waals surface area contributed by atoms with E-state index < -0.39 is 0 Å². The van der Waals surface area contributed by atoms with Crippen molar-refractivity contribution in [3.05, 3.63) is 29.3 Å². The van der Waals surface area contributed by atoms with Crippen LogP contribution in [0.2, 0.25) is 0 Å². The SMILES string of the molecule is COc1cccc(C)c1C(=O)NC1CCCCCC1. The number of benzene rings is 1. The van der Waals surface area contributed by atoms with Gasteiger partial charge in [-0.25, -0.2) is 0 Å². The number of hydrogen-bond acceptors (Lipinski definition) is 2. The van der Waals surface area contributed by atoms with E-state index in [9.17, 15) is 4.79 Å². The molecule has 3 heteroatoms. The molecule has 1 aromatic carbocycles. The Morgan fingerprint density at radius 1 is 1.21 bits per heavy atom. The highest BCUT2D eigenvalue weighted by atomic mass is 16.5. The van der Waals surface area contributed by atoms with Crippen molar-refractivity contribution in [3.8, 4) is 5.75 Å². The molecule has 1 aliphatic carbocycles. The van der Waals surface area contributed by atoms with Crippen LogP contribution in [-0.4, -0.2) is 19.1 Å². The van der Waals surface area contributed by atoms with Crippen LogP contribution in [0.1, 0.15) is 54.4 Å². The fourth-order valence-electron chi connectivity index (χ4n) is 2.78. The number of ether oxygens (including phenoxy) is 1. The monoisotopic (exact) mass is 261 g/mol. The molecule has 1 N–H and O–H groups in total. The van der Waals surface area contributed by atoms with E-state index >= 15 is 0 Å². The zero-order valence-corrected chi connectivity index (χ0v) is 11.9. The van der Waals surface area contributed by atoms with Crippen molar-refractivity contribution in [2.45, 2.75) is 51.5 Å². The van der Waals surface area contributed by atoms with Gasteiger partial charge in [-0.05, 0) is 31.4 Å². The molecule has 1 amide bonds. The third-order valence-electron chi connectivity index (χ3n) is 3.87. The van der Waals surface area contributed by atoms with E-state index in [1.807, 2.05) is 25.1 Å². The first kappa shape index (κ1) is 13.9. The molecule has 1 saturated carbocycles. The van der Waals surface area contributed by atoms with Crippen molar-refractivity contribution in [1.82, 2.24) is 5.32 Å². The van der Waals surface area contributed by atoms with Crippen molar-refractivity contribution in [2.24, 2.45) is 0 Å². The van der Waals surface area contributed by atoms with Crippen LogP contribution < -0.4 is 10.1 Å². The van der Waals surface area contributed by atoms with E-state index in [4.69, 9.17) is 4.74 Å². The lowest BCUT2D eigenvalue weighted by atomic mass is 10.0. The Morgan fingerprint density at radius 3 is 2.53 bits per heavy atom. The summed E-state index contributed by atoms with van der Waals surface area (Å²) in [6.45, 7) is 1.95. The highest BCUT2D eigenvalue weighted by molar-refractivity contribution is 5.98. The van der Waals surface area contributed by atoms with Crippen LogP contribution in [0.15, 0.2) is 18.2 Å². The summed E-state index contributed by atoms with van der Waals surface area (Å²) in [5.41, 5.74) is 1.64.